The highest BCUT2D eigenvalue weighted by atomic mass is 16.5. The lowest BCUT2D eigenvalue weighted by molar-refractivity contribution is -0.149. The molecular weight excluding hydrogens is 234 g/mol. The third-order valence-electron chi connectivity index (χ3n) is 2.26. The predicted octanol–water partition coefficient (Wildman–Crippen LogP) is 1.13. The first-order valence-corrected chi connectivity index (χ1v) is 5.53. The van der Waals surface area contributed by atoms with E-state index >= 15 is 0 Å². The Labute approximate surface area is 106 Å². The number of hydrogen-bond donors (Lipinski definition) is 1. The largest absolute Gasteiger partial charge is 0.484 e. The minimum atomic E-state index is -1.06. The predicted molar refractivity (Wildman–Crippen MR) is 66.2 cm³/mol. The number of methoxy groups -OCH3 is 1. The molecule has 98 valence electrons. The van der Waals surface area contributed by atoms with E-state index < -0.39 is 11.5 Å². The Morgan fingerprint density at radius 3 is 2.39 bits per heavy atom. The first kappa shape index (κ1) is 14.0. The zero-order valence-corrected chi connectivity index (χ0v) is 10.7. The van der Waals surface area contributed by atoms with Crippen LogP contribution in [0.25, 0.3) is 0 Å². The lowest BCUT2D eigenvalue weighted by Crippen LogP contribution is -2.51. The fraction of sp³-hybridized carbons (Fsp3) is 0.385. The third-order valence-corrected chi connectivity index (χ3v) is 2.26. The molecule has 0 aliphatic rings. The van der Waals surface area contributed by atoms with Gasteiger partial charge in [-0.3, -0.25) is 4.79 Å². The van der Waals surface area contributed by atoms with Crippen molar-refractivity contribution >= 4 is 11.9 Å². The van der Waals surface area contributed by atoms with E-state index in [1.165, 1.54) is 7.11 Å². The highest BCUT2D eigenvalue weighted by Crippen LogP contribution is 2.08. The van der Waals surface area contributed by atoms with Crippen LogP contribution >= 0.6 is 0 Å². The zero-order chi connectivity index (χ0) is 13.6. The molecule has 0 radical (unpaired) electrons. The Balaban J connectivity index is 2.45. The van der Waals surface area contributed by atoms with Crippen molar-refractivity contribution in [3.05, 3.63) is 30.3 Å². The molecule has 0 aliphatic heterocycles. The summed E-state index contributed by atoms with van der Waals surface area (Å²) in [5, 5.41) is 2.54. The molecule has 5 heteroatoms. The summed E-state index contributed by atoms with van der Waals surface area (Å²) in [6, 6.07) is 8.97. The summed E-state index contributed by atoms with van der Waals surface area (Å²) in [5.41, 5.74) is -1.06. The Hall–Kier alpha value is -2.04. The molecule has 1 N–H and O–H groups in total. The average Bonchev–Trinajstić information content (AvgIpc) is 2.36. The molecule has 0 saturated heterocycles. The Morgan fingerprint density at radius 2 is 1.83 bits per heavy atom. The SMILES string of the molecule is COC(=O)C(C)(C)NC(=O)COc1ccccc1. The molecule has 0 aliphatic carbocycles. The minimum absolute atomic E-state index is 0.148. The summed E-state index contributed by atoms with van der Waals surface area (Å²) in [6.45, 7) is 2.99. The topological polar surface area (TPSA) is 64.6 Å². The Morgan fingerprint density at radius 1 is 1.22 bits per heavy atom. The zero-order valence-electron chi connectivity index (χ0n) is 10.7. The van der Waals surface area contributed by atoms with E-state index in [1.807, 2.05) is 18.2 Å². The first-order chi connectivity index (χ1) is 8.45. The third kappa shape index (κ3) is 4.08. The maximum absolute atomic E-state index is 11.6. The highest BCUT2D eigenvalue weighted by Gasteiger charge is 2.30. The van der Waals surface area contributed by atoms with Gasteiger partial charge in [0.05, 0.1) is 7.11 Å². The minimum Gasteiger partial charge on any atom is -0.484 e. The summed E-state index contributed by atoms with van der Waals surface area (Å²) in [5.74, 6) is -0.284. The number of benzene rings is 1. The monoisotopic (exact) mass is 251 g/mol. The summed E-state index contributed by atoms with van der Waals surface area (Å²) >= 11 is 0. The van der Waals surface area contributed by atoms with Gasteiger partial charge in [0.15, 0.2) is 6.61 Å². The molecule has 0 bridgehead atoms. The molecule has 1 aromatic carbocycles. The molecule has 1 aromatic rings. The van der Waals surface area contributed by atoms with Crippen molar-refractivity contribution in [2.45, 2.75) is 19.4 Å². The Bertz CT molecular complexity index is 414. The number of amides is 1. The standard InChI is InChI=1S/C13H17NO4/c1-13(2,12(16)17-3)14-11(15)9-18-10-7-5-4-6-8-10/h4-8H,9H2,1-3H3,(H,14,15). The van der Waals surface area contributed by atoms with Gasteiger partial charge >= 0.3 is 5.97 Å². The molecule has 0 saturated carbocycles. The van der Waals surface area contributed by atoms with Gasteiger partial charge in [-0.25, -0.2) is 4.79 Å². The highest BCUT2D eigenvalue weighted by molar-refractivity contribution is 5.87. The fourth-order valence-corrected chi connectivity index (χ4v) is 1.36. The lowest BCUT2D eigenvalue weighted by Gasteiger charge is -2.22. The van der Waals surface area contributed by atoms with Gasteiger partial charge in [0, 0.05) is 0 Å². The number of rotatable bonds is 5. The van der Waals surface area contributed by atoms with Crippen LogP contribution in [0.4, 0.5) is 0 Å². The van der Waals surface area contributed by atoms with Gasteiger partial charge in [0.1, 0.15) is 11.3 Å². The van der Waals surface area contributed by atoms with Gasteiger partial charge in [0.2, 0.25) is 0 Å². The van der Waals surface area contributed by atoms with Crippen molar-refractivity contribution in [1.29, 1.82) is 0 Å². The maximum Gasteiger partial charge on any atom is 0.330 e. The van der Waals surface area contributed by atoms with Gasteiger partial charge in [-0.15, -0.1) is 0 Å². The molecule has 0 atom stereocenters. The van der Waals surface area contributed by atoms with E-state index in [4.69, 9.17) is 4.74 Å². The summed E-state index contributed by atoms with van der Waals surface area (Å²) in [4.78, 5) is 23.0. The second-order valence-corrected chi connectivity index (χ2v) is 4.27. The van der Waals surface area contributed by atoms with E-state index in [0.29, 0.717) is 5.75 Å². The van der Waals surface area contributed by atoms with Gasteiger partial charge in [-0.05, 0) is 26.0 Å². The fourth-order valence-electron chi connectivity index (χ4n) is 1.36. The second-order valence-electron chi connectivity index (χ2n) is 4.27. The number of hydrogen-bond acceptors (Lipinski definition) is 4. The van der Waals surface area contributed by atoms with Crippen molar-refractivity contribution in [3.8, 4) is 5.75 Å². The number of ether oxygens (including phenoxy) is 2. The smallest absolute Gasteiger partial charge is 0.330 e. The normalized spacial score (nSPS) is 10.6. The molecule has 0 aromatic heterocycles. The van der Waals surface area contributed by atoms with Crippen molar-refractivity contribution < 1.29 is 19.1 Å². The van der Waals surface area contributed by atoms with Gasteiger partial charge in [-0.1, -0.05) is 18.2 Å². The van der Waals surface area contributed by atoms with Crippen molar-refractivity contribution in [2.75, 3.05) is 13.7 Å². The Kier molecular flexibility index (Phi) is 4.71. The number of carbonyl (C=O) groups excluding carboxylic acids is 2. The number of nitrogens with one attached hydrogen (secondary N) is 1. The lowest BCUT2D eigenvalue weighted by atomic mass is 10.1. The van der Waals surface area contributed by atoms with Crippen LogP contribution in [0, 0.1) is 0 Å². The molecular formula is C13H17NO4. The molecule has 0 unspecified atom stereocenters. The van der Waals surface area contributed by atoms with Crippen LogP contribution in [0.3, 0.4) is 0 Å². The quantitative estimate of drug-likeness (QED) is 0.797. The van der Waals surface area contributed by atoms with E-state index in [1.54, 1.807) is 26.0 Å². The van der Waals surface area contributed by atoms with E-state index in [9.17, 15) is 9.59 Å². The summed E-state index contributed by atoms with van der Waals surface area (Å²) < 4.78 is 9.85. The summed E-state index contributed by atoms with van der Waals surface area (Å²) in [6.07, 6.45) is 0. The number of para-hydroxylation sites is 1. The molecule has 1 amide bonds. The molecule has 5 nitrogen and oxygen atoms in total. The van der Waals surface area contributed by atoms with Crippen molar-refractivity contribution in [1.82, 2.24) is 5.32 Å². The van der Waals surface area contributed by atoms with Crippen LogP contribution in [0.1, 0.15) is 13.8 Å². The first-order valence-electron chi connectivity index (χ1n) is 5.53. The van der Waals surface area contributed by atoms with Crippen LogP contribution in [0.5, 0.6) is 5.75 Å². The number of esters is 1. The molecule has 1 rings (SSSR count). The van der Waals surface area contributed by atoms with E-state index in [2.05, 4.69) is 10.1 Å². The van der Waals surface area contributed by atoms with Gasteiger partial charge < -0.3 is 14.8 Å². The van der Waals surface area contributed by atoms with Crippen LogP contribution < -0.4 is 10.1 Å². The molecule has 0 heterocycles. The van der Waals surface area contributed by atoms with Crippen LogP contribution in [-0.4, -0.2) is 31.1 Å². The maximum atomic E-state index is 11.6. The van der Waals surface area contributed by atoms with Crippen LogP contribution in [0.15, 0.2) is 30.3 Å². The second kappa shape index (κ2) is 6.05. The average molecular weight is 251 g/mol. The van der Waals surface area contributed by atoms with Gasteiger partial charge in [0.25, 0.3) is 5.91 Å². The molecule has 0 fully saturated rings. The summed E-state index contributed by atoms with van der Waals surface area (Å²) in [7, 11) is 1.27. The molecule has 18 heavy (non-hydrogen) atoms. The van der Waals surface area contributed by atoms with E-state index in [-0.39, 0.29) is 12.5 Å². The van der Waals surface area contributed by atoms with Crippen LogP contribution in [0.2, 0.25) is 0 Å². The van der Waals surface area contributed by atoms with Crippen molar-refractivity contribution in [2.24, 2.45) is 0 Å². The number of carbonyl (C=O) groups is 2. The van der Waals surface area contributed by atoms with E-state index in [0.717, 1.165) is 0 Å². The van der Waals surface area contributed by atoms with Crippen LogP contribution in [-0.2, 0) is 14.3 Å². The van der Waals surface area contributed by atoms with Gasteiger partial charge in [-0.2, -0.15) is 0 Å². The van der Waals surface area contributed by atoms with Crippen molar-refractivity contribution in [3.63, 3.8) is 0 Å². The molecule has 0 spiro atoms.